The van der Waals surface area contributed by atoms with Crippen LogP contribution < -0.4 is 5.73 Å². The molecule has 1 heterocycles. The van der Waals surface area contributed by atoms with E-state index < -0.39 is 0 Å². The molecule has 0 aliphatic carbocycles. The van der Waals surface area contributed by atoms with Gasteiger partial charge in [0.2, 0.25) is 0 Å². The maximum Gasteiger partial charge on any atom is 0.0458 e. The molecule has 0 fully saturated rings. The van der Waals surface area contributed by atoms with Gasteiger partial charge in [-0.15, -0.1) is 0 Å². The minimum absolute atomic E-state index is 0.0556. The second-order valence-electron chi connectivity index (χ2n) is 5.96. The van der Waals surface area contributed by atoms with Crippen LogP contribution >= 0.6 is 0 Å². The van der Waals surface area contributed by atoms with E-state index in [1.54, 1.807) is 0 Å². The number of aromatic nitrogens is 1. The summed E-state index contributed by atoms with van der Waals surface area (Å²) in [4.78, 5) is 5.80. The van der Waals surface area contributed by atoms with Crippen LogP contribution in [0, 0.1) is 6.92 Å². The highest BCUT2D eigenvalue weighted by Gasteiger charge is 2.21. The van der Waals surface area contributed by atoms with Crippen molar-refractivity contribution in [1.82, 2.24) is 9.88 Å². The van der Waals surface area contributed by atoms with E-state index in [1.165, 1.54) is 22.2 Å². The van der Waals surface area contributed by atoms with Gasteiger partial charge in [0.05, 0.1) is 0 Å². The predicted molar refractivity (Wildman–Crippen MR) is 82.5 cm³/mol. The number of fused-ring (bicyclic) bond motifs is 1. The van der Waals surface area contributed by atoms with E-state index in [0.717, 1.165) is 13.0 Å². The number of nitrogens with zero attached hydrogens (tertiary/aromatic N) is 1. The number of rotatable bonds is 5. The third-order valence-electron chi connectivity index (χ3n) is 4.26. The summed E-state index contributed by atoms with van der Waals surface area (Å²) in [5.41, 5.74) is 9.82. The van der Waals surface area contributed by atoms with Crippen LogP contribution in [0.2, 0.25) is 0 Å². The molecule has 2 rings (SSSR count). The van der Waals surface area contributed by atoms with E-state index in [0.29, 0.717) is 6.54 Å². The standard InChI is InChI=1S/C16H25N3/c1-12-13(9-10-19(4)16(2,3)11-17)14-7-5-6-8-15(14)18-12/h5-8,18H,9-11,17H2,1-4H3. The summed E-state index contributed by atoms with van der Waals surface area (Å²) >= 11 is 0. The Morgan fingerprint density at radius 2 is 1.95 bits per heavy atom. The summed E-state index contributed by atoms with van der Waals surface area (Å²) in [5.74, 6) is 0. The van der Waals surface area contributed by atoms with Crippen molar-refractivity contribution in [2.75, 3.05) is 20.1 Å². The largest absolute Gasteiger partial charge is 0.358 e. The van der Waals surface area contributed by atoms with Crippen molar-refractivity contribution in [2.45, 2.75) is 32.7 Å². The van der Waals surface area contributed by atoms with Gasteiger partial charge in [-0.3, -0.25) is 4.90 Å². The molecule has 3 N–H and O–H groups in total. The van der Waals surface area contributed by atoms with E-state index in [1.807, 2.05) is 0 Å². The summed E-state index contributed by atoms with van der Waals surface area (Å²) in [7, 11) is 2.15. The number of hydrogen-bond acceptors (Lipinski definition) is 2. The zero-order valence-corrected chi connectivity index (χ0v) is 12.5. The number of aryl methyl sites for hydroxylation is 1. The fourth-order valence-electron chi connectivity index (χ4n) is 2.39. The summed E-state index contributed by atoms with van der Waals surface area (Å²) in [6.07, 6.45) is 1.05. The first kappa shape index (κ1) is 14.1. The van der Waals surface area contributed by atoms with E-state index in [4.69, 9.17) is 5.73 Å². The number of aromatic amines is 1. The SMILES string of the molecule is Cc1[nH]c2ccccc2c1CCN(C)C(C)(C)CN. The molecule has 0 saturated carbocycles. The number of para-hydroxylation sites is 1. The molecule has 0 aliphatic rings. The summed E-state index contributed by atoms with van der Waals surface area (Å²) in [6, 6.07) is 8.51. The molecular weight excluding hydrogens is 234 g/mol. The van der Waals surface area contributed by atoms with Crippen LogP contribution in [0.3, 0.4) is 0 Å². The van der Waals surface area contributed by atoms with Gasteiger partial charge in [-0.1, -0.05) is 18.2 Å². The van der Waals surface area contributed by atoms with Gasteiger partial charge in [-0.05, 0) is 45.9 Å². The zero-order valence-electron chi connectivity index (χ0n) is 12.5. The summed E-state index contributed by atoms with van der Waals surface area (Å²) in [5, 5.41) is 1.35. The number of benzene rings is 1. The molecule has 3 heteroatoms. The minimum Gasteiger partial charge on any atom is -0.358 e. The minimum atomic E-state index is 0.0556. The Morgan fingerprint density at radius 3 is 2.63 bits per heavy atom. The number of H-pyrrole nitrogens is 1. The molecule has 3 nitrogen and oxygen atoms in total. The Balaban J connectivity index is 2.16. The Kier molecular flexibility index (Phi) is 3.97. The second kappa shape index (κ2) is 5.35. The quantitative estimate of drug-likeness (QED) is 0.867. The van der Waals surface area contributed by atoms with Gasteiger partial charge in [0.1, 0.15) is 0 Å². The Labute approximate surface area is 115 Å². The van der Waals surface area contributed by atoms with E-state index >= 15 is 0 Å². The molecule has 0 bridgehead atoms. The number of likely N-dealkylation sites (N-methyl/N-ethyl adjacent to an activating group) is 1. The maximum absolute atomic E-state index is 5.83. The molecule has 1 aromatic carbocycles. The summed E-state index contributed by atoms with van der Waals surface area (Å²) in [6.45, 7) is 8.23. The van der Waals surface area contributed by atoms with E-state index in [-0.39, 0.29) is 5.54 Å². The van der Waals surface area contributed by atoms with Crippen LogP contribution in [0.5, 0.6) is 0 Å². The highest BCUT2D eigenvalue weighted by atomic mass is 15.2. The summed E-state index contributed by atoms with van der Waals surface area (Å²) < 4.78 is 0. The van der Waals surface area contributed by atoms with Crippen LogP contribution in [0.1, 0.15) is 25.1 Å². The molecule has 0 saturated heterocycles. The van der Waals surface area contributed by atoms with Crippen LogP contribution in [0.25, 0.3) is 10.9 Å². The first-order chi connectivity index (χ1) is 8.95. The van der Waals surface area contributed by atoms with Crippen molar-refractivity contribution in [3.63, 3.8) is 0 Å². The van der Waals surface area contributed by atoms with Crippen molar-refractivity contribution in [3.05, 3.63) is 35.5 Å². The van der Waals surface area contributed by atoms with E-state index in [9.17, 15) is 0 Å². The van der Waals surface area contributed by atoms with Crippen molar-refractivity contribution < 1.29 is 0 Å². The third kappa shape index (κ3) is 2.82. The molecule has 0 atom stereocenters. The van der Waals surface area contributed by atoms with E-state index in [2.05, 4.69) is 62.0 Å². The predicted octanol–water partition coefficient (Wildman–Crippen LogP) is 2.69. The maximum atomic E-state index is 5.83. The molecule has 19 heavy (non-hydrogen) atoms. The number of nitrogens with one attached hydrogen (secondary N) is 1. The lowest BCUT2D eigenvalue weighted by molar-refractivity contribution is 0.166. The average Bonchev–Trinajstić information content (AvgIpc) is 2.71. The van der Waals surface area contributed by atoms with Gasteiger partial charge in [0.25, 0.3) is 0 Å². The Morgan fingerprint density at radius 1 is 1.26 bits per heavy atom. The molecule has 2 aromatic rings. The highest BCUT2D eigenvalue weighted by molar-refractivity contribution is 5.84. The monoisotopic (exact) mass is 259 g/mol. The van der Waals surface area contributed by atoms with Crippen LogP contribution in [0.15, 0.2) is 24.3 Å². The van der Waals surface area contributed by atoms with Crippen molar-refractivity contribution in [3.8, 4) is 0 Å². The Hall–Kier alpha value is -1.32. The van der Waals surface area contributed by atoms with Crippen molar-refractivity contribution >= 4 is 10.9 Å². The van der Waals surface area contributed by atoms with Gasteiger partial charge < -0.3 is 10.7 Å². The lowest BCUT2D eigenvalue weighted by Gasteiger charge is -2.34. The molecule has 0 unspecified atom stereocenters. The van der Waals surface area contributed by atoms with Crippen LogP contribution in [-0.2, 0) is 6.42 Å². The first-order valence-corrected chi connectivity index (χ1v) is 6.93. The topological polar surface area (TPSA) is 45.0 Å². The number of nitrogens with two attached hydrogens (primary N) is 1. The van der Waals surface area contributed by atoms with Gasteiger partial charge >= 0.3 is 0 Å². The molecule has 0 spiro atoms. The lowest BCUT2D eigenvalue weighted by Crippen LogP contribution is -2.47. The third-order valence-corrected chi connectivity index (χ3v) is 4.26. The fraction of sp³-hybridized carbons (Fsp3) is 0.500. The smallest absolute Gasteiger partial charge is 0.0458 e. The molecule has 1 aromatic heterocycles. The van der Waals surface area contributed by atoms with Crippen molar-refractivity contribution in [2.24, 2.45) is 5.73 Å². The van der Waals surface area contributed by atoms with Crippen LogP contribution in [0.4, 0.5) is 0 Å². The molecule has 0 radical (unpaired) electrons. The van der Waals surface area contributed by atoms with Gasteiger partial charge in [-0.2, -0.15) is 0 Å². The van der Waals surface area contributed by atoms with Gasteiger partial charge in [0.15, 0.2) is 0 Å². The molecule has 104 valence electrons. The van der Waals surface area contributed by atoms with Gasteiger partial charge in [0, 0.05) is 35.2 Å². The molecular formula is C16H25N3. The van der Waals surface area contributed by atoms with Crippen LogP contribution in [-0.4, -0.2) is 35.6 Å². The second-order valence-corrected chi connectivity index (χ2v) is 5.96. The first-order valence-electron chi connectivity index (χ1n) is 6.93. The normalized spacial score (nSPS) is 12.5. The molecule has 0 amide bonds. The zero-order chi connectivity index (χ0) is 14.0. The molecule has 0 aliphatic heterocycles. The average molecular weight is 259 g/mol. The fourth-order valence-corrected chi connectivity index (χ4v) is 2.39. The Bertz CT molecular complexity index is 554. The highest BCUT2D eigenvalue weighted by Crippen LogP contribution is 2.23. The number of hydrogen-bond donors (Lipinski definition) is 2. The van der Waals surface area contributed by atoms with Gasteiger partial charge in [-0.25, -0.2) is 0 Å². The van der Waals surface area contributed by atoms with Crippen molar-refractivity contribution in [1.29, 1.82) is 0 Å². The lowest BCUT2D eigenvalue weighted by atomic mass is 10.0.